The van der Waals surface area contributed by atoms with Crippen LogP contribution in [0.15, 0.2) is 0 Å². The lowest BCUT2D eigenvalue weighted by Gasteiger charge is -2.43. The molecule has 0 aromatic rings. The standard InChI is InChI=1S/C63H118O16/c1-4-7-10-13-16-19-22-25-28-31-34-37-40-43-53(65)73-47-50(76-54(66)44-41-38-35-32-29-26-23-20-17-14-11-8-5-2)48-74-62-59(71)58(70)56(68)52(78-62)49-75-63-60(72)61(57(69)51(46-64)77-63)79-55(67)45-42-39-36-33-30-27-24-21-18-15-12-9-6-3/h50-52,56-64,68-72H,4-49H2,1-3H3. The number of carbonyl (C=O) groups excluding carboxylic acids is 3. The van der Waals surface area contributed by atoms with E-state index in [1.807, 2.05) is 0 Å². The molecule has 0 saturated carbocycles. The van der Waals surface area contributed by atoms with Gasteiger partial charge in [-0.1, -0.05) is 252 Å². The second-order valence-electron chi connectivity index (χ2n) is 23.1. The maximum atomic E-state index is 13.1. The summed E-state index contributed by atoms with van der Waals surface area (Å²) in [5.41, 5.74) is 0. The van der Waals surface area contributed by atoms with Gasteiger partial charge < -0.3 is 63.8 Å². The predicted molar refractivity (Wildman–Crippen MR) is 308 cm³/mol. The van der Waals surface area contributed by atoms with Crippen LogP contribution in [0.25, 0.3) is 0 Å². The second-order valence-corrected chi connectivity index (χ2v) is 23.1. The molecule has 16 heteroatoms. The van der Waals surface area contributed by atoms with E-state index >= 15 is 0 Å². The number of unbranched alkanes of at least 4 members (excludes halogenated alkanes) is 36. The molecule has 466 valence electrons. The Morgan fingerprint density at radius 3 is 1.14 bits per heavy atom. The Labute approximate surface area is 478 Å². The average molecular weight is 1130 g/mol. The van der Waals surface area contributed by atoms with Crippen LogP contribution in [-0.4, -0.2) is 142 Å². The summed E-state index contributed by atoms with van der Waals surface area (Å²) in [5, 5.41) is 65.0. The molecule has 0 amide bonds. The molecule has 6 N–H and O–H groups in total. The van der Waals surface area contributed by atoms with Crippen LogP contribution in [0, 0.1) is 0 Å². The van der Waals surface area contributed by atoms with Crippen LogP contribution >= 0.6 is 0 Å². The normalized spacial score (nSPS) is 23.7. The van der Waals surface area contributed by atoms with Crippen LogP contribution in [0.3, 0.4) is 0 Å². The summed E-state index contributed by atoms with van der Waals surface area (Å²) in [7, 11) is 0. The first-order valence-electron chi connectivity index (χ1n) is 32.6. The van der Waals surface area contributed by atoms with Gasteiger partial charge in [0.25, 0.3) is 0 Å². The van der Waals surface area contributed by atoms with E-state index in [-0.39, 0.29) is 32.5 Å². The number of carbonyl (C=O) groups is 3. The van der Waals surface area contributed by atoms with Crippen molar-refractivity contribution in [1.82, 2.24) is 0 Å². The minimum Gasteiger partial charge on any atom is -0.462 e. The highest BCUT2D eigenvalue weighted by Crippen LogP contribution is 2.28. The molecular weight excluding hydrogens is 1010 g/mol. The van der Waals surface area contributed by atoms with Crippen molar-refractivity contribution >= 4 is 17.9 Å². The summed E-state index contributed by atoms with van der Waals surface area (Å²) in [6.45, 7) is 4.77. The second kappa shape index (κ2) is 49.4. The number of aliphatic hydroxyl groups is 6. The smallest absolute Gasteiger partial charge is 0.306 e. The Morgan fingerprint density at radius 1 is 0.380 bits per heavy atom. The first-order valence-corrected chi connectivity index (χ1v) is 32.6. The van der Waals surface area contributed by atoms with Crippen LogP contribution < -0.4 is 0 Å². The summed E-state index contributed by atoms with van der Waals surface area (Å²) in [6.07, 6.45) is 29.0. The first-order chi connectivity index (χ1) is 38.5. The van der Waals surface area contributed by atoms with E-state index in [1.165, 1.54) is 167 Å². The number of hydrogen-bond donors (Lipinski definition) is 6. The molecular formula is C63H118O16. The lowest BCUT2D eigenvalue weighted by Crippen LogP contribution is -2.62. The number of esters is 3. The molecule has 0 aromatic heterocycles. The Kier molecular flexibility index (Phi) is 45.8. The quantitative estimate of drug-likeness (QED) is 0.0189. The molecule has 2 fully saturated rings. The molecule has 0 aliphatic carbocycles. The summed E-state index contributed by atoms with van der Waals surface area (Å²) < 4.78 is 40.1. The average Bonchev–Trinajstić information content (AvgIpc) is 3.52. The molecule has 0 aromatic carbocycles. The van der Waals surface area contributed by atoms with E-state index < -0.39 is 98.6 Å². The molecule has 0 spiro atoms. The Bertz CT molecular complexity index is 1440. The van der Waals surface area contributed by atoms with E-state index in [1.54, 1.807) is 0 Å². The minimum atomic E-state index is -1.79. The van der Waals surface area contributed by atoms with E-state index in [4.69, 9.17) is 33.2 Å². The molecule has 11 atom stereocenters. The van der Waals surface area contributed by atoms with Gasteiger partial charge >= 0.3 is 17.9 Å². The van der Waals surface area contributed by atoms with E-state index in [2.05, 4.69) is 20.8 Å². The molecule has 2 heterocycles. The van der Waals surface area contributed by atoms with Gasteiger partial charge in [0.15, 0.2) is 24.8 Å². The largest absolute Gasteiger partial charge is 0.462 e. The maximum absolute atomic E-state index is 13.1. The van der Waals surface area contributed by atoms with Gasteiger partial charge in [-0.2, -0.15) is 0 Å². The summed E-state index contributed by atoms with van der Waals surface area (Å²) in [5.74, 6) is -1.54. The lowest BCUT2D eigenvalue weighted by atomic mass is 9.98. The summed E-state index contributed by atoms with van der Waals surface area (Å²) in [6, 6.07) is 0. The molecule has 79 heavy (non-hydrogen) atoms. The zero-order valence-electron chi connectivity index (χ0n) is 50.1. The molecule has 2 aliphatic rings. The van der Waals surface area contributed by atoms with Crippen molar-refractivity contribution in [2.45, 2.75) is 358 Å². The fourth-order valence-electron chi connectivity index (χ4n) is 10.6. The van der Waals surface area contributed by atoms with Gasteiger partial charge in [0.1, 0.15) is 49.3 Å². The van der Waals surface area contributed by atoms with Gasteiger partial charge in [-0.3, -0.25) is 14.4 Å². The van der Waals surface area contributed by atoms with Gasteiger partial charge in [-0.05, 0) is 19.3 Å². The molecule has 0 bridgehead atoms. The third kappa shape index (κ3) is 35.7. The number of aliphatic hydroxyl groups excluding tert-OH is 6. The maximum Gasteiger partial charge on any atom is 0.306 e. The van der Waals surface area contributed by atoms with Crippen molar-refractivity contribution in [1.29, 1.82) is 0 Å². The number of hydrogen-bond acceptors (Lipinski definition) is 16. The van der Waals surface area contributed by atoms with Crippen molar-refractivity contribution in [3.63, 3.8) is 0 Å². The van der Waals surface area contributed by atoms with Gasteiger partial charge in [-0.15, -0.1) is 0 Å². The van der Waals surface area contributed by atoms with Crippen molar-refractivity contribution in [2.75, 3.05) is 26.4 Å². The van der Waals surface area contributed by atoms with Gasteiger partial charge in [0, 0.05) is 19.3 Å². The lowest BCUT2D eigenvalue weighted by molar-refractivity contribution is -0.333. The molecule has 2 rings (SSSR count). The number of ether oxygens (including phenoxy) is 7. The summed E-state index contributed by atoms with van der Waals surface area (Å²) in [4.78, 5) is 38.9. The monoisotopic (exact) mass is 1130 g/mol. The van der Waals surface area contributed by atoms with E-state index in [9.17, 15) is 45.0 Å². The summed E-state index contributed by atoms with van der Waals surface area (Å²) >= 11 is 0. The first kappa shape index (κ1) is 73.1. The number of rotatable bonds is 53. The highest BCUT2D eigenvalue weighted by Gasteiger charge is 2.49. The van der Waals surface area contributed by atoms with E-state index in [0.717, 1.165) is 64.2 Å². The Morgan fingerprint density at radius 2 is 0.734 bits per heavy atom. The zero-order valence-corrected chi connectivity index (χ0v) is 50.1. The topological polar surface area (TPSA) is 237 Å². The molecule has 2 saturated heterocycles. The Hall–Kier alpha value is -1.99. The molecule has 0 radical (unpaired) electrons. The van der Waals surface area contributed by atoms with Crippen molar-refractivity contribution < 1.29 is 78.2 Å². The predicted octanol–water partition coefficient (Wildman–Crippen LogP) is 12.1. The van der Waals surface area contributed by atoms with Crippen molar-refractivity contribution in [2.24, 2.45) is 0 Å². The SMILES string of the molecule is CCCCCCCCCCCCCCCC(=O)OCC(COC1OC(COC2OC(CO)C(O)C(OC(=O)CCCCCCCCCCCCCCC)C2O)C(O)C(O)C1O)OC(=O)CCCCCCCCCCCCCCC. The van der Waals surface area contributed by atoms with Gasteiger partial charge in [0.2, 0.25) is 0 Å². The van der Waals surface area contributed by atoms with Crippen LogP contribution in [0.1, 0.15) is 290 Å². The van der Waals surface area contributed by atoms with Crippen LogP contribution in [0.2, 0.25) is 0 Å². The fraction of sp³-hybridized carbons (Fsp3) is 0.952. The third-order valence-corrected chi connectivity index (χ3v) is 15.8. The van der Waals surface area contributed by atoms with Crippen LogP contribution in [0.4, 0.5) is 0 Å². The zero-order chi connectivity index (χ0) is 57.6. The molecule has 2 aliphatic heterocycles. The van der Waals surface area contributed by atoms with Gasteiger partial charge in [0.05, 0.1) is 19.8 Å². The van der Waals surface area contributed by atoms with Crippen LogP contribution in [0.5, 0.6) is 0 Å². The van der Waals surface area contributed by atoms with Crippen molar-refractivity contribution in [3.8, 4) is 0 Å². The van der Waals surface area contributed by atoms with Crippen molar-refractivity contribution in [3.05, 3.63) is 0 Å². The van der Waals surface area contributed by atoms with Crippen LogP contribution in [-0.2, 0) is 47.5 Å². The highest BCUT2D eigenvalue weighted by atomic mass is 16.7. The van der Waals surface area contributed by atoms with E-state index in [0.29, 0.717) is 19.3 Å². The molecule has 11 unspecified atom stereocenters. The molecule has 16 nitrogen and oxygen atoms in total. The fourth-order valence-corrected chi connectivity index (χ4v) is 10.6. The minimum absolute atomic E-state index is 0.0784. The Balaban J connectivity index is 1.89. The highest BCUT2D eigenvalue weighted by molar-refractivity contribution is 5.70. The van der Waals surface area contributed by atoms with Gasteiger partial charge in [-0.25, -0.2) is 0 Å². The third-order valence-electron chi connectivity index (χ3n) is 15.8.